The first kappa shape index (κ1) is 12.2. The summed E-state index contributed by atoms with van der Waals surface area (Å²) in [7, 11) is 0. The van der Waals surface area contributed by atoms with Crippen LogP contribution in [-0.4, -0.2) is 10.4 Å². The fourth-order valence-electron chi connectivity index (χ4n) is 5.10. The van der Waals surface area contributed by atoms with E-state index in [0.29, 0.717) is 11.4 Å². The maximum Gasteiger partial charge on any atom is 0.267 e. The number of para-hydroxylation sites is 2. The Bertz CT molecular complexity index is 531. The summed E-state index contributed by atoms with van der Waals surface area (Å²) in [6.45, 7) is 0. The fraction of sp³-hybridized carbons (Fsp3) is 0.625. The smallest absolute Gasteiger partial charge is 0.267 e. The van der Waals surface area contributed by atoms with E-state index >= 15 is 0 Å². The monoisotopic (exact) mass is 271 g/mol. The zero-order valence-corrected chi connectivity index (χ0v) is 11.7. The maximum absolute atomic E-state index is 12.4. The molecule has 106 valence electrons. The first-order valence-corrected chi connectivity index (χ1v) is 7.68. The van der Waals surface area contributed by atoms with Crippen molar-refractivity contribution in [1.82, 2.24) is 0 Å². The van der Waals surface area contributed by atoms with E-state index in [1.54, 1.807) is 12.1 Å². The molecule has 4 saturated carbocycles. The summed E-state index contributed by atoms with van der Waals surface area (Å²) in [4.78, 5) is 0.794. The SMILES string of the molecule is Nc1ccccc1[N+]([O-])=NC12CC3CC(CC(C3)C1)C2. The van der Waals surface area contributed by atoms with Crippen LogP contribution in [0.5, 0.6) is 0 Å². The normalized spacial score (nSPS) is 39.2. The second kappa shape index (κ2) is 4.21. The second-order valence-electron chi connectivity index (χ2n) is 7.07. The number of benzene rings is 1. The Morgan fingerprint density at radius 3 is 2.15 bits per heavy atom. The molecule has 1 aromatic carbocycles. The molecule has 0 heterocycles. The van der Waals surface area contributed by atoms with E-state index in [1.807, 2.05) is 12.1 Å². The van der Waals surface area contributed by atoms with E-state index in [0.717, 1.165) is 41.9 Å². The summed E-state index contributed by atoms with van der Waals surface area (Å²) in [6, 6.07) is 7.20. The number of rotatable bonds is 2. The van der Waals surface area contributed by atoms with Crippen LogP contribution < -0.4 is 5.73 Å². The fourth-order valence-corrected chi connectivity index (χ4v) is 5.10. The molecule has 4 heteroatoms. The number of hydrogen-bond donors (Lipinski definition) is 1. The van der Waals surface area contributed by atoms with E-state index in [4.69, 9.17) is 5.73 Å². The van der Waals surface area contributed by atoms with Gasteiger partial charge < -0.3 is 10.9 Å². The van der Waals surface area contributed by atoms with Gasteiger partial charge in [0.1, 0.15) is 11.2 Å². The molecule has 5 rings (SSSR count). The standard InChI is InChI=1S/C16H21N3O/c17-14-3-1-2-4-15(14)19(20)18-16-8-11-5-12(9-16)7-13(6-11)10-16/h1-4,11-13H,5-10,17H2. The minimum atomic E-state index is -0.0984. The van der Waals surface area contributed by atoms with Gasteiger partial charge in [-0.15, -0.1) is 0 Å². The largest absolute Gasteiger partial charge is 0.594 e. The van der Waals surface area contributed by atoms with Gasteiger partial charge in [-0.1, -0.05) is 17.0 Å². The summed E-state index contributed by atoms with van der Waals surface area (Å²) >= 11 is 0. The van der Waals surface area contributed by atoms with Crippen LogP contribution in [0.25, 0.3) is 0 Å². The second-order valence-corrected chi connectivity index (χ2v) is 7.07. The lowest BCUT2D eigenvalue weighted by Gasteiger charge is -2.53. The molecule has 4 bridgehead atoms. The summed E-state index contributed by atoms with van der Waals surface area (Å²) in [6.07, 6.45) is 7.39. The molecule has 0 unspecified atom stereocenters. The summed E-state index contributed by atoms with van der Waals surface area (Å²) in [5, 5.41) is 17.0. The molecule has 4 nitrogen and oxygen atoms in total. The van der Waals surface area contributed by atoms with Crippen LogP contribution >= 0.6 is 0 Å². The highest BCUT2D eigenvalue weighted by Crippen LogP contribution is 2.57. The molecular formula is C16H21N3O. The maximum atomic E-state index is 12.4. The molecule has 0 saturated heterocycles. The molecule has 1 aromatic rings. The van der Waals surface area contributed by atoms with Crippen LogP contribution in [-0.2, 0) is 0 Å². The first-order chi connectivity index (χ1) is 9.63. The van der Waals surface area contributed by atoms with Gasteiger partial charge in [-0.05, 0) is 67.5 Å². The van der Waals surface area contributed by atoms with Gasteiger partial charge in [0.05, 0.1) is 0 Å². The lowest BCUT2D eigenvalue weighted by molar-refractivity contribution is -0.453. The van der Waals surface area contributed by atoms with Crippen molar-refractivity contribution in [3.63, 3.8) is 0 Å². The molecule has 4 aliphatic rings. The molecule has 0 atom stereocenters. The average molecular weight is 271 g/mol. The number of nitrogens with two attached hydrogens (primary N) is 1. The predicted molar refractivity (Wildman–Crippen MR) is 77.5 cm³/mol. The van der Waals surface area contributed by atoms with E-state index in [9.17, 15) is 5.21 Å². The lowest BCUT2D eigenvalue weighted by Crippen LogP contribution is -2.49. The minimum absolute atomic E-state index is 0.0984. The number of azo groups is 1. The number of nitrogen functional groups attached to an aromatic ring is 1. The molecule has 0 spiro atoms. The van der Waals surface area contributed by atoms with Crippen molar-refractivity contribution in [3.05, 3.63) is 29.5 Å². The molecule has 2 N–H and O–H groups in total. The van der Waals surface area contributed by atoms with Crippen molar-refractivity contribution >= 4 is 11.4 Å². The number of anilines is 1. The third kappa shape index (κ3) is 1.89. The van der Waals surface area contributed by atoms with Gasteiger partial charge in [0.15, 0.2) is 0 Å². The topological polar surface area (TPSA) is 64.5 Å². The zero-order valence-electron chi connectivity index (χ0n) is 11.7. The predicted octanol–water partition coefficient (Wildman–Crippen LogP) is 3.83. The van der Waals surface area contributed by atoms with Crippen LogP contribution in [0, 0.1) is 23.0 Å². The van der Waals surface area contributed by atoms with Gasteiger partial charge >= 0.3 is 0 Å². The Labute approximate surface area is 119 Å². The molecule has 20 heavy (non-hydrogen) atoms. The molecule has 4 aliphatic carbocycles. The van der Waals surface area contributed by atoms with Crippen molar-refractivity contribution in [2.45, 2.75) is 44.1 Å². The van der Waals surface area contributed by atoms with Gasteiger partial charge in [-0.25, -0.2) is 0 Å². The van der Waals surface area contributed by atoms with Crippen molar-refractivity contribution in [1.29, 1.82) is 0 Å². The summed E-state index contributed by atoms with van der Waals surface area (Å²) in [5.41, 5.74) is 6.79. The summed E-state index contributed by atoms with van der Waals surface area (Å²) in [5.74, 6) is 2.39. The van der Waals surface area contributed by atoms with Crippen LogP contribution in [0.2, 0.25) is 0 Å². The lowest BCUT2D eigenvalue weighted by atomic mass is 9.53. The van der Waals surface area contributed by atoms with Gasteiger partial charge in [0, 0.05) is 6.07 Å². The van der Waals surface area contributed by atoms with E-state index in [-0.39, 0.29) is 5.54 Å². The van der Waals surface area contributed by atoms with Crippen LogP contribution in [0.4, 0.5) is 11.4 Å². The molecular weight excluding hydrogens is 250 g/mol. The Morgan fingerprint density at radius 1 is 1.05 bits per heavy atom. The van der Waals surface area contributed by atoms with Crippen molar-refractivity contribution in [2.24, 2.45) is 22.9 Å². The summed E-state index contributed by atoms with van der Waals surface area (Å²) < 4.78 is 0. The van der Waals surface area contributed by atoms with E-state index in [2.05, 4.69) is 5.11 Å². The quantitative estimate of drug-likeness (QED) is 0.384. The van der Waals surface area contributed by atoms with Crippen LogP contribution in [0.15, 0.2) is 29.4 Å². The average Bonchev–Trinajstić information content (AvgIpc) is 2.36. The van der Waals surface area contributed by atoms with Crippen molar-refractivity contribution in [2.75, 3.05) is 5.73 Å². The first-order valence-electron chi connectivity index (χ1n) is 7.68. The Balaban J connectivity index is 1.68. The van der Waals surface area contributed by atoms with Gasteiger partial charge in [-0.2, -0.15) is 0 Å². The highest BCUT2D eigenvalue weighted by molar-refractivity contribution is 5.57. The highest BCUT2D eigenvalue weighted by atomic mass is 16.5. The Morgan fingerprint density at radius 2 is 1.60 bits per heavy atom. The van der Waals surface area contributed by atoms with Crippen LogP contribution in [0.1, 0.15) is 38.5 Å². The minimum Gasteiger partial charge on any atom is -0.594 e. The third-order valence-electron chi connectivity index (χ3n) is 5.45. The van der Waals surface area contributed by atoms with Crippen molar-refractivity contribution in [3.8, 4) is 0 Å². The van der Waals surface area contributed by atoms with Gasteiger partial charge in [0.25, 0.3) is 5.69 Å². The molecule has 4 fully saturated rings. The van der Waals surface area contributed by atoms with E-state index < -0.39 is 0 Å². The molecule has 0 amide bonds. The third-order valence-corrected chi connectivity index (χ3v) is 5.45. The molecule has 0 aromatic heterocycles. The van der Waals surface area contributed by atoms with Gasteiger partial charge in [0.2, 0.25) is 0 Å². The number of hydrogen-bond acceptors (Lipinski definition) is 3. The highest BCUT2D eigenvalue weighted by Gasteiger charge is 2.53. The molecule has 0 aliphatic heterocycles. The Hall–Kier alpha value is -1.58. The Kier molecular flexibility index (Phi) is 2.56. The van der Waals surface area contributed by atoms with Gasteiger partial charge in [-0.3, -0.25) is 0 Å². The molecule has 0 radical (unpaired) electrons. The number of nitrogens with zero attached hydrogens (tertiary/aromatic N) is 2. The van der Waals surface area contributed by atoms with Crippen molar-refractivity contribution < 1.29 is 4.86 Å². The van der Waals surface area contributed by atoms with Crippen LogP contribution in [0.3, 0.4) is 0 Å². The van der Waals surface area contributed by atoms with E-state index in [1.165, 1.54) is 19.3 Å². The zero-order chi connectivity index (χ0) is 13.7.